The van der Waals surface area contributed by atoms with Crippen LogP contribution in [0.25, 0.3) is 33.2 Å². The second-order valence-electron chi connectivity index (χ2n) is 7.29. The Morgan fingerprint density at radius 2 is 1.84 bits per heavy atom. The molecule has 0 N–H and O–H groups in total. The van der Waals surface area contributed by atoms with Crippen LogP contribution in [0.4, 0.5) is 0 Å². The number of nitrogens with zero attached hydrogens (tertiary/aromatic N) is 2. The van der Waals surface area contributed by atoms with Gasteiger partial charge in [-0.3, -0.25) is 0 Å². The predicted octanol–water partition coefficient (Wildman–Crippen LogP) is 4.93. The number of rotatable bonds is 0. The highest BCUT2D eigenvalue weighted by Gasteiger charge is 2.26. The molecule has 25 heavy (non-hydrogen) atoms. The number of hydrogen-bond acceptors (Lipinski definition) is 0. The quantitative estimate of drug-likeness (QED) is 0.405. The van der Waals surface area contributed by atoms with Crippen LogP contribution in [0.15, 0.2) is 54.6 Å². The van der Waals surface area contributed by atoms with Crippen molar-refractivity contribution < 1.29 is 4.57 Å². The first-order valence-corrected chi connectivity index (χ1v) is 9.24. The van der Waals surface area contributed by atoms with Gasteiger partial charge in [-0.25, -0.2) is 9.13 Å². The Labute approximate surface area is 148 Å². The Hall–Kier alpha value is -2.61. The zero-order valence-corrected chi connectivity index (χ0v) is 14.9. The molecule has 2 heteroatoms. The number of aromatic nitrogens is 2. The van der Waals surface area contributed by atoms with Crippen LogP contribution in [0.2, 0.25) is 0 Å². The minimum atomic E-state index is 1.08. The summed E-state index contributed by atoms with van der Waals surface area (Å²) in [6, 6.07) is 20.3. The van der Waals surface area contributed by atoms with E-state index in [4.69, 9.17) is 0 Å². The van der Waals surface area contributed by atoms with Crippen molar-refractivity contribution in [1.82, 2.24) is 4.57 Å². The molecule has 1 aromatic heterocycles. The number of benzene rings is 3. The van der Waals surface area contributed by atoms with Gasteiger partial charge in [0.25, 0.3) is 5.82 Å². The van der Waals surface area contributed by atoms with Crippen molar-refractivity contribution in [1.29, 1.82) is 0 Å². The van der Waals surface area contributed by atoms with Gasteiger partial charge in [-0.2, -0.15) is 0 Å². The van der Waals surface area contributed by atoms with Gasteiger partial charge in [-0.1, -0.05) is 36.4 Å². The summed E-state index contributed by atoms with van der Waals surface area (Å²) >= 11 is 0. The molecule has 2 heterocycles. The Morgan fingerprint density at radius 1 is 0.960 bits per heavy atom. The molecule has 0 fully saturated rings. The predicted molar refractivity (Wildman–Crippen MR) is 104 cm³/mol. The lowest BCUT2D eigenvalue weighted by Crippen LogP contribution is -2.30. The molecule has 3 aromatic carbocycles. The largest absolute Gasteiger partial charge is 0.289 e. The minimum absolute atomic E-state index is 1.08. The Morgan fingerprint density at radius 3 is 2.76 bits per heavy atom. The van der Waals surface area contributed by atoms with Gasteiger partial charge in [0.2, 0.25) is 0 Å². The van der Waals surface area contributed by atoms with E-state index in [0.29, 0.717) is 0 Å². The highest BCUT2D eigenvalue weighted by molar-refractivity contribution is 5.91. The van der Waals surface area contributed by atoms with Crippen LogP contribution in [-0.2, 0) is 20.0 Å². The first kappa shape index (κ1) is 14.7. The van der Waals surface area contributed by atoms with E-state index in [1.807, 2.05) is 0 Å². The van der Waals surface area contributed by atoms with Crippen LogP contribution in [0.3, 0.4) is 0 Å². The van der Waals surface area contributed by atoms with E-state index in [1.54, 1.807) is 0 Å². The molecule has 4 aromatic rings. The normalized spacial score (nSPS) is 14.2. The first-order valence-electron chi connectivity index (χ1n) is 9.24. The van der Waals surface area contributed by atoms with Crippen LogP contribution in [0.5, 0.6) is 0 Å². The zero-order valence-electron chi connectivity index (χ0n) is 14.9. The van der Waals surface area contributed by atoms with Crippen LogP contribution < -0.4 is 4.57 Å². The fourth-order valence-corrected chi connectivity index (χ4v) is 4.49. The van der Waals surface area contributed by atoms with Crippen LogP contribution in [0.1, 0.15) is 24.0 Å². The maximum absolute atomic E-state index is 2.53. The topological polar surface area (TPSA) is 8.81 Å². The third kappa shape index (κ3) is 2.13. The number of hydrogen-bond donors (Lipinski definition) is 0. The summed E-state index contributed by atoms with van der Waals surface area (Å²) in [6.07, 6.45) is 3.61. The molecule has 1 aliphatic rings. The fraction of sp³-hybridized carbons (Fsp3) is 0.261. The van der Waals surface area contributed by atoms with Gasteiger partial charge in [0.15, 0.2) is 11.0 Å². The van der Waals surface area contributed by atoms with Crippen molar-refractivity contribution >= 4 is 21.8 Å². The summed E-state index contributed by atoms with van der Waals surface area (Å²) < 4.78 is 4.89. The van der Waals surface area contributed by atoms with Crippen molar-refractivity contribution in [2.75, 3.05) is 0 Å². The molecule has 0 spiro atoms. The van der Waals surface area contributed by atoms with E-state index < -0.39 is 0 Å². The molecule has 0 saturated heterocycles. The molecule has 2 nitrogen and oxygen atoms in total. The van der Waals surface area contributed by atoms with Crippen molar-refractivity contribution in [3.05, 3.63) is 65.7 Å². The molecule has 0 radical (unpaired) electrons. The van der Waals surface area contributed by atoms with E-state index in [9.17, 15) is 0 Å². The molecular formula is C23H23N2+. The summed E-state index contributed by atoms with van der Waals surface area (Å²) in [7, 11) is 2.20. The van der Waals surface area contributed by atoms with E-state index in [-0.39, 0.29) is 0 Å². The van der Waals surface area contributed by atoms with Crippen molar-refractivity contribution in [3.63, 3.8) is 0 Å². The lowest BCUT2D eigenvalue weighted by atomic mass is 9.94. The standard InChI is InChI=1S/C23H23N2/c1-16-14-18-10-7-9-17-8-5-6-13-25-22-12-4-3-11-21(22)24(2)23(25)19(16)15-20(17)18/h3-4,7,9-12,14-15H,5-6,8,13H2,1-2H3/q+1. The van der Waals surface area contributed by atoms with Gasteiger partial charge in [0.1, 0.15) is 0 Å². The highest BCUT2D eigenvalue weighted by atomic mass is 15.2. The van der Waals surface area contributed by atoms with Gasteiger partial charge in [-0.15, -0.1) is 0 Å². The van der Waals surface area contributed by atoms with Crippen molar-refractivity contribution in [3.8, 4) is 11.4 Å². The molecule has 0 unspecified atom stereocenters. The summed E-state index contributed by atoms with van der Waals surface area (Å²) in [5.74, 6) is 1.33. The summed E-state index contributed by atoms with van der Waals surface area (Å²) in [4.78, 5) is 0. The molecular weight excluding hydrogens is 304 g/mol. The van der Waals surface area contributed by atoms with E-state index in [2.05, 4.69) is 77.7 Å². The van der Waals surface area contributed by atoms with Gasteiger partial charge < -0.3 is 0 Å². The SMILES string of the molecule is Cc1cc2cccc3c2cc1-c1n(c2ccccc2[n+]1C)CCCC3. The smallest absolute Gasteiger partial charge is 0.226 e. The van der Waals surface area contributed by atoms with E-state index >= 15 is 0 Å². The molecule has 0 atom stereocenters. The lowest BCUT2D eigenvalue weighted by molar-refractivity contribution is -0.634. The highest BCUT2D eigenvalue weighted by Crippen LogP contribution is 2.32. The molecule has 1 aliphatic heterocycles. The number of aryl methyl sites for hydroxylation is 4. The third-order valence-electron chi connectivity index (χ3n) is 5.74. The van der Waals surface area contributed by atoms with Gasteiger partial charge >= 0.3 is 0 Å². The molecule has 2 bridgehead atoms. The molecule has 5 rings (SSSR count). The summed E-state index contributed by atoms with van der Waals surface area (Å²) in [6.45, 7) is 3.32. The van der Waals surface area contributed by atoms with Crippen LogP contribution in [0, 0.1) is 6.92 Å². The second kappa shape index (κ2) is 5.45. The average molecular weight is 327 g/mol. The average Bonchev–Trinajstić information content (AvgIpc) is 2.91. The lowest BCUT2D eigenvalue weighted by Gasteiger charge is -2.13. The maximum Gasteiger partial charge on any atom is 0.289 e. The molecule has 0 amide bonds. The number of imidazole rings is 1. The maximum atomic E-state index is 2.53. The second-order valence-corrected chi connectivity index (χ2v) is 7.29. The van der Waals surface area contributed by atoms with Crippen molar-refractivity contribution in [2.24, 2.45) is 7.05 Å². The van der Waals surface area contributed by atoms with Crippen LogP contribution in [-0.4, -0.2) is 4.57 Å². The van der Waals surface area contributed by atoms with E-state index in [0.717, 1.165) is 6.54 Å². The Kier molecular flexibility index (Phi) is 3.21. The number of para-hydroxylation sites is 2. The van der Waals surface area contributed by atoms with Crippen molar-refractivity contribution in [2.45, 2.75) is 32.7 Å². The fourth-order valence-electron chi connectivity index (χ4n) is 4.49. The summed E-state index contributed by atoms with van der Waals surface area (Å²) in [5.41, 5.74) is 6.86. The number of fused-ring (bicyclic) bond motifs is 5. The molecule has 0 saturated carbocycles. The van der Waals surface area contributed by atoms with Gasteiger partial charge in [0.05, 0.1) is 19.2 Å². The minimum Gasteiger partial charge on any atom is -0.226 e. The van der Waals surface area contributed by atoms with Crippen LogP contribution >= 0.6 is 0 Å². The monoisotopic (exact) mass is 327 g/mol. The Balaban J connectivity index is 1.93. The van der Waals surface area contributed by atoms with E-state index in [1.165, 1.54) is 63.6 Å². The Bertz CT molecular complexity index is 1120. The first-order chi connectivity index (χ1) is 12.2. The third-order valence-corrected chi connectivity index (χ3v) is 5.74. The van der Waals surface area contributed by atoms with Gasteiger partial charge in [-0.05, 0) is 66.3 Å². The molecule has 124 valence electrons. The zero-order chi connectivity index (χ0) is 17.0. The summed E-state index contributed by atoms with van der Waals surface area (Å²) in [5, 5.41) is 2.78. The molecule has 0 aliphatic carbocycles. The van der Waals surface area contributed by atoms with Gasteiger partial charge in [0, 0.05) is 0 Å².